The fourth-order valence-corrected chi connectivity index (χ4v) is 5.50. The van der Waals surface area contributed by atoms with Gasteiger partial charge in [0.05, 0.1) is 9.51 Å². The Bertz CT molecular complexity index is 1030. The fraction of sp³-hybridized carbons (Fsp3) is 0.176. The summed E-state index contributed by atoms with van der Waals surface area (Å²) in [5, 5.41) is 11.4. The van der Waals surface area contributed by atoms with Gasteiger partial charge in [-0.15, -0.1) is 23.5 Å². The molecule has 1 aliphatic rings. The van der Waals surface area contributed by atoms with Gasteiger partial charge in [-0.25, -0.2) is 0 Å². The fourth-order valence-electron chi connectivity index (χ4n) is 2.64. The highest BCUT2D eigenvalue weighted by Gasteiger charge is 2.26. The summed E-state index contributed by atoms with van der Waals surface area (Å²) in [6, 6.07) is 12.3. The first-order valence-corrected chi connectivity index (χ1v) is 9.90. The van der Waals surface area contributed by atoms with E-state index in [1.54, 1.807) is 30.3 Å². The van der Waals surface area contributed by atoms with Crippen LogP contribution in [0.5, 0.6) is 11.6 Å². The number of nitrogens with zero attached hydrogens (tertiary/aromatic N) is 3. The number of ether oxygens (including phenoxy) is 1. The van der Waals surface area contributed by atoms with E-state index in [-0.39, 0.29) is 11.5 Å². The molecule has 0 spiro atoms. The van der Waals surface area contributed by atoms with E-state index in [9.17, 15) is 14.9 Å². The van der Waals surface area contributed by atoms with Crippen molar-refractivity contribution >= 4 is 34.9 Å². The summed E-state index contributed by atoms with van der Waals surface area (Å²) in [5.74, 6) is 2.36. The molecular weight excluding hydrogens is 374 g/mol. The number of benzene rings is 1. The molecule has 1 fully saturated rings. The predicted molar refractivity (Wildman–Crippen MR) is 102 cm³/mol. The molecule has 0 radical (unpaired) electrons. The van der Waals surface area contributed by atoms with Crippen LogP contribution in [-0.2, 0) is 0 Å². The van der Waals surface area contributed by atoms with Crippen LogP contribution in [0.25, 0.3) is 5.65 Å². The Kier molecular flexibility index (Phi) is 4.56. The molecule has 3 heterocycles. The topological polar surface area (TPSA) is 86.7 Å². The van der Waals surface area contributed by atoms with Crippen LogP contribution in [0.4, 0.5) is 5.69 Å². The summed E-state index contributed by atoms with van der Waals surface area (Å²) in [7, 11) is 0. The Labute approximate surface area is 156 Å². The average Bonchev–Trinajstić information content (AvgIpc) is 3.17. The van der Waals surface area contributed by atoms with E-state index in [0.717, 1.165) is 15.9 Å². The Hall–Kier alpha value is -2.52. The van der Waals surface area contributed by atoms with Crippen LogP contribution in [0.15, 0.2) is 53.5 Å². The number of pyridine rings is 1. The zero-order valence-corrected chi connectivity index (χ0v) is 15.0. The molecule has 0 atom stereocenters. The van der Waals surface area contributed by atoms with Crippen LogP contribution in [0.3, 0.4) is 0 Å². The molecule has 1 aliphatic heterocycles. The summed E-state index contributed by atoms with van der Waals surface area (Å²) >= 11 is 3.78. The lowest BCUT2D eigenvalue weighted by atomic mass is 10.2. The van der Waals surface area contributed by atoms with Crippen LogP contribution in [0, 0.1) is 10.1 Å². The minimum absolute atomic E-state index is 0.286. The molecular formula is C17H13N3O4S2. The Morgan fingerprint density at radius 2 is 1.88 bits per heavy atom. The first kappa shape index (κ1) is 16.9. The molecule has 7 nitrogen and oxygen atoms in total. The van der Waals surface area contributed by atoms with Gasteiger partial charge in [0, 0.05) is 17.7 Å². The van der Waals surface area contributed by atoms with E-state index in [4.69, 9.17) is 4.74 Å². The lowest BCUT2D eigenvalue weighted by Gasteiger charge is -2.10. The normalized spacial score (nSPS) is 14.6. The second kappa shape index (κ2) is 7.00. The van der Waals surface area contributed by atoms with Crippen molar-refractivity contribution in [3.63, 3.8) is 0 Å². The monoisotopic (exact) mass is 387 g/mol. The molecule has 0 saturated carbocycles. The van der Waals surface area contributed by atoms with E-state index in [1.807, 2.05) is 35.7 Å². The SMILES string of the molecule is O=c1c([N+](=O)[O-])c(Oc2ccc(C3SCCS3)cc2)nc2ccccn12. The number of nitro groups is 1. The number of fused-ring (bicyclic) bond motifs is 1. The van der Waals surface area contributed by atoms with Crippen molar-refractivity contribution in [2.45, 2.75) is 4.58 Å². The second-order valence-corrected chi connectivity index (χ2v) is 8.23. The van der Waals surface area contributed by atoms with E-state index >= 15 is 0 Å². The molecule has 1 aromatic carbocycles. The van der Waals surface area contributed by atoms with Crippen molar-refractivity contribution < 1.29 is 9.66 Å². The number of hydrogen-bond acceptors (Lipinski definition) is 7. The van der Waals surface area contributed by atoms with E-state index < -0.39 is 16.2 Å². The van der Waals surface area contributed by atoms with Crippen molar-refractivity contribution in [2.75, 3.05) is 11.5 Å². The van der Waals surface area contributed by atoms with E-state index in [1.165, 1.54) is 11.8 Å². The molecule has 9 heteroatoms. The van der Waals surface area contributed by atoms with Gasteiger partial charge in [0.2, 0.25) is 0 Å². The molecule has 0 aliphatic carbocycles. The van der Waals surface area contributed by atoms with Crippen LogP contribution >= 0.6 is 23.5 Å². The van der Waals surface area contributed by atoms with Crippen molar-refractivity contribution in [1.29, 1.82) is 0 Å². The lowest BCUT2D eigenvalue weighted by Crippen LogP contribution is -2.19. The predicted octanol–water partition coefficient (Wildman–Crippen LogP) is 3.87. The van der Waals surface area contributed by atoms with Crippen LogP contribution in [-0.4, -0.2) is 25.8 Å². The average molecular weight is 387 g/mol. The minimum atomic E-state index is -0.772. The summed E-state index contributed by atoms with van der Waals surface area (Å²) in [6.07, 6.45) is 1.44. The minimum Gasteiger partial charge on any atom is -0.433 e. The molecule has 2 aromatic heterocycles. The first-order chi connectivity index (χ1) is 12.6. The van der Waals surface area contributed by atoms with Gasteiger partial charge in [0.25, 0.3) is 0 Å². The molecule has 1 saturated heterocycles. The smallest absolute Gasteiger partial charge is 0.396 e. The van der Waals surface area contributed by atoms with Gasteiger partial charge in [-0.3, -0.25) is 19.3 Å². The number of thioether (sulfide) groups is 2. The Balaban J connectivity index is 1.71. The highest BCUT2D eigenvalue weighted by molar-refractivity contribution is 8.19. The van der Waals surface area contributed by atoms with Crippen LogP contribution in [0.1, 0.15) is 10.1 Å². The molecule has 26 heavy (non-hydrogen) atoms. The number of hydrogen-bond donors (Lipinski definition) is 0. The highest BCUT2D eigenvalue weighted by Crippen LogP contribution is 2.45. The lowest BCUT2D eigenvalue weighted by molar-refractivity contribution is -0.387. The van der Waals surface area contributed by atoms with Gasteiger partial charge in [-0.1, -0.05) is 18.2 Å². The summed E-state index contributed by atoms with van der Waals surface area (Å²) in [4.78, 5) is 27.2. The van der Waals surface area contributed by atoms with Crippen molar-refractivity contribution in [1.82, 2.24) is 9.38 Å². The summed E-state index contributed by atoms with van der Waals surface area (Å²) in [6.45, 7) is 0. The highest BCUT2D eigenvalue weighted by atomic mass is 32.2. The van der Waals surface area contributed by atoms with Crippen molar-refractivity contribution in [3.8, 4) is 11.6 Å². The number of rotatable bonds is 4. The Morgan fingerprint density at radius 3 is 2.58 bits per heavy atom. The van der Waals surface area contributed by atoms with Crippen LogP contribution in [0.2, 0.25) is 0 Å². The van der Waals surface area contributed by atoms with E-state index in [2.05, 4.69) is 4.98 Å². The summed E-state index contributed by atoms with van der Waals surface area (Å²) < 4.78 is 7.13. The number of aromatic nitrogens is 2. The molecule has 0 amide bonds. The third-order valence-electron chi connectivity index (χ3n) is 3.85. The zero-order valence-electron chi connectivity index (χ0n) is 13.4. The molecule has 0 unspecified atom stereocenters. The van der Waals surface area contributed by atoms with Gasteiger partial charge >= 0.3 is 17.1 Å². The van der Waals surface area contributed by atoms with Gasteiger partial charge in [0.15, 0.2) is 0 Å². The second-order valence-electron chi connectivity index (χ2n) is 5.50. The maximum Gasteiger partial charge on any atom is 0.396 e. The third-order valence-corrected chi connectivity index (χ3v) is 6.95. The maximum absolute atomic E-state index is 12.4. The molecule has 0 N–H and O–H groups in total. The van der Waals surface area contributed by atoms with Gasteiger partial charge < -0.3 is 4.74 Å². The van der Waals surface area contributed by atoms with Gasteiger partial charge in [0.1, 0.15) is 11.4 Å². The van der Waals surface area contributed by atoms with Crippen LogP contribution < -0.4 is 10.3 Å². The largest absolute Gasteiger partial charge is 0.433 e. The molecule has 132 valence electrons. The summed E-state index contributed by atoms with van der Waals surface area (Å²) in [5.41, 5.74) is 0.00465. The molecule has 4 rings (SSSR count). The molecule has 3 aromatic rings. The zero-order chi connectivity index (χ0) is 18.1. The molecule has 0 bridgehead atoms. The third kappa shape index (κ3) is 3.15. The quantitative estimate of drug-likeness (QED) is 0.496. The van der Waals surface area contributed by atoms with Crippen molar-refractivity contribution in [3.05, 3.63) is 74.7 Å². The van der Waals surface area contributed by atoms with E-state index in [0.29, 0.717) is 10.3 Å². The Morgan fingerprint density at radius 1 is 1.15 bits per heavy atom. The van der Waals surface area contributed by atoms with Gasteiger partial charge in [-0.2, -0.15) is 4.98 Å². The van der Waals surface area contributed by atoms with Crippen molar-refractivity contribution in [2.24, 2.45) is 0 Å². The van der Waals surface area contributed by atoms with Gasteiger partial charge in [-0.05, 0) is 29.8 Å². The maximum atomic E-state index is 12.4. The standard InChI is InChI=1S/C17H13N3O4S2/c21-16-14(20(22)23)15(18-13-3-1-2-8-19(13)16)24-12-6-4-11(5-7-12)17-25-9-10-26-17/h1-8,17H,9-10H2. The first-order valence-electron chi connectivity index (χ1n) is 7.80.